The largest absolute Gasteiger partial charge is 0.465 e. The quantitative estimate of drug-likeness (QED) is 0.756. The van der Waals surface area contributed by atoms with Gasteiger partial charge >= 0.3 is 5.97 Å². The van der Waals surface area contributed by atoms with Crippen molar-refractivity contribution in [1.29, 1.82) is 0 Å². The first kappa shape index (κ1) is 15.3. The molecule has 116 valence electrons. The molecule has 0 saturated heterocycles. The van der Waals surface area contributed by atoms with Crippen molar-refractivity contribution < 1.29 is 9.53 Å². The fourth-order valence-electron chi connectivity index (χ4n) is 3.21. The molecule has 3 rings (SSSR count). The molecule has 0 amide bonds. The van der Waals surface area contributed by atoms with E-state index in [0.717, 1.165) is 28.7 Å². The lowest BCUT2D eigenvalue weighted by molar-refractivity contribution is 0.0598. The molecule has 1 aromatic carbocycles. The molecule has 0 bridgehead atoms. The van der Waals surface area contributed by atoms with E-state index < -0.39 is 0 Å². The molecular formula is C17H19BrN2O2. The van der Waals surface area contributed by atoms with Crippen LogP contribution in [-0.4, -0.2) is 22.9 Å². The molecule has 2 aromatic rings. The number of esters is 1. The van der Waals surface area contributed by atoms with E-state index in [1.54, 1.807) is 6.20 Å². The maximum atomic E-state index is 12.1. The van der Waals surface area contributed by atoms with Crippen molar-refractivity contribution in [2.75, 3.05) is 7.11 Å². The number of ether oxygens (including phenoxy) is 1. The summed E-state index contributed by atoms with van der Waals surface area (Å²) in [4.78, 5) is 12.1. The zero-order valence-corrected chi connectivity index (χ0v) is 14.2. The van der Waals surface area contributed by atoms with Gasteiger partial charge in [-0.2, -0.15) is 5.10 Å². The van der Waals surface area contributed by atoms with Crippen LogP contribution in [0.4, 0.5) is 0 Å². The molecule has 0 unspecified atom stereocenters. The summed E-state index contributed by atoms with van der Waals surface area (Å²) in [5.74, 6) is 0.0613. The van der Waals surface area contributed by atoms with Gasteiger partial charge < -0.3 is 4.74 Å². The molecule has 4 nitrogen and oxygen atoms in total. The summed E-state index contributed by atoms with van der Waals surface area (Å²) in [6, 6.07) is 7.98. The minimum Gasteiger partial charge on any atom is -0.465 e. The standard InChI is InChI=1S/C17H19BrN2O2/c1-22-17(21)15-11-19-20(14-9-5-8-13(18)10-14)16(15)12-6-3-2-4-7-12/h5,8-12H,2-4,6-7H2,1H3. The van der Waals surface area contributed by atoms with Crippen LogP contribution >= 0.6 is 15.9 Å². The van der Waals surface area contributed by atoms with Crippen LogP contribution in [0, 0.1) is 0 Å². The highest BCUT2D eigenvalue weighted by atomic mass is 79.9. The van der Waals surface area contributed by atoms with Crippen LogP contribution in [0.5, 0.6) is 0 Å². The predicted octanol–water partition coefficient (Wildman–Crippen LogP) is 4.47. The van der Waals surface area contributed by atoms with Crippen molar-refractivity contribution in [3.05, 3.63) is 46.2 Å². The van der Waals surface area contributed by atoms with E-state index in [0.29, 0.717) is 11.5 Å². The molecule has 1 aliphatic rings. The van der Waals surface area contributed by atoms with Gasteiger partial charge in [0.2, 0.25) is 0 Å². The van der Waals surface area contributed by atoms with Crippen molar-refractivity contribution in [2.24, 2.45) is 0 Å². The summed E-state index contributed by atoms with van der Waals surface area (Å²) in [7, 11) is 1.42. The number of carbonyl (C=O) groups is 1. The summed E-state index contributed by atoms with van der Waals surface area (Å²) < 4.78 is 7.83. The monoisotopic (exact) mass is 362 g/mol. The van der Waals surface area contributed by atoms with Gasteiger partial charge in [-0.3, -0.25) is 0 Å². The van der Waals surface area contributed by atoms with Gasteiger partial charge in [0, 0.05) is 10.4 Å². The first-order chi connectivity index (χ1) is 10.7. The number of aromatic nitrogens is 2. The third kappa shape index (κ3) is 2.95. The lowest BCUT2D eigenvalue weighted by Gasteiger charge is -2.23. The number of hydrogen-bond acceptors (Lipinski definition) is 3. The summed E-state index contributed by atoms with van der Waals surface area (Å²) in [5.41, 5.74) is 2.55. The number of carbonyl (C=O) groups excluding carboxylic acids is 1. The zero-order valence-electron chi connectivity index (χ0n) is 12.6. The second-order valence-electron chi connectivity index (χ2n) is 5.66. The molecule has 0 aliphatic heterocycles. The number of hydrogen-bond donors (Lipinski definition) is 0. The summed E-state index contributed by atoms with van der Waals surface area (Å²) in [5, 5.41) is 4.47. The van der Waals surface area contributed by atoms with E-state index >= 15 is 0 Å². The topological polar surface area (TPSA) is 44.1 Å². The van der Waals surface area contributed by atoms with Crippen LogP contribution in [0.1, 0.15) is 54.1 Å². The Morgan fingerprint density at radius 3 is 2.77 bits per heavy atom. The SMILES string of the molecule is COC(=O)c1cnn(-c2cccc(Br)c2)c1C1CCCCC1. The highest BCUT2D eigenvalue weighted by Gasteiger charge is 2.27. The van der Waals surface area contributed by atoms with Crippen molar-refractivity contribution in [3.8, 4) is 5.69 Å². The molecule has 0 spiro atoms. The molecule has 1 fully saturated rings. The maximum Gasteiger partial charge on any atom is 0.341 e. The average Bonchev–Trinajstić information content (AvgIpc) is 3.00. The van der Waals surface area contributed by atoms with E-state index in [4.69, 9.17) is 4.74 Å². The Labute approximate surface area is 138 Å². The molecule has 0 N–H and O–H groups in total. The van der Waals surface area contributed by atoms with Crippen molar-refractivity contribution in [3.63, 3.8) is 0 Å². The lowest BCUT2D eigenvalue weighted by Crippen LogP contribution is -2.15. The first-order valence-electron chi connectivity index (χ1n) is 7.63. The van der Waals surface area contributed by atoms with Gasteiger partial charge in [0.05, 0.1) is 24.7 Å². The first-order valence-corrected chi connectivity index (χ1v) is 8.42. The van der Waals surface area contributed by atoms with Crippen LogP contribution in [0.15, 0.2) is 34.9 Å². The molecule has 0 radical (unpaired) electrons. The molecule has 1 aliphatic carbocycles. The zero-order chi connectivity index (χ0) is 15.5. The third-order valence-electron chi connectivity index (χ3n) is 4.26. The number of benzene rings is 1. The molecule has 1 aromatic heterocycles. The number of rotatable bonds is 3. The summed E-state index contributed by atoms with van der Waals surface area (Å²) in [6.45, 7) is 0. The van der Waals surface area contributed by atoms with E-state index in [1.807, 2.05) is 28.9 Å². The third-order valence-corrected chi connectivity index (χ3v) is 4.75. The predicted molar refractivity (Wildman–Crippen MR) is 88.4 cm³/mol. The van der Waals surface area contributed by atoms with Crippen LogP contribution in [-0.2, 0) is 4.74 Å². The van der Waals surface area contributed by atoms with E-state index in [9.17, 15) is 4.79 Å². The summed E-state index contributed by atoms with van der Waals surface area (Å²) in [6.07, 6.45) is 7.52. The maximum absolute atomic E-state index is 12.1. The minimum atomic E-state index is -0.304. The molecule has 0 atom stereocenters. The minimum absolute atomic E-state index is 0.304. The van der Waals surface area contributed by atoms with Gasteiger partial charge in [0.15, 0.2) is 0 Å². The van der Waals surface area contributed by atoms with Crippen LogP contribution in [0.2, 0.25) is 0 Å². The average molecular weight is 363 g/mol. The Hall–Kier alpha value is -1.62. The van der Waals surface area contributed by atoms with Gasteiger partial charge in [-0.1, -0.05) is 41.3 Å². The fourth-order valence-corrected chi connectivity index (χ4v) is 3.59. The van der Waals surface area contributed by atoms with E-state index in [-0.39, 0.29) is 5.97 Å². The van der Waals surface area contributed by atoms with Crippen molar-refractivity contribution in [1.82, 2.24) is 9.78 Å². The van der Waals surface area contributed by atoms with Gasteiger partial charge in [-0.25, -0.2) is 9.48 Å². The van der Waals surface area contributed by atoms with E-state index in [1.165, 1.54) is 26.4 Å². The van der Waals surface area contributed by atoms with Crippen molar-refractivity contribution >= 4 is 21.9 Å². The molecule has 22 heavy (non-hydrogen) atoms. The Bertz CT molecular complexity index is 675. The Balaban J connectivity index is 2.09. The molecule has 5 heteroatoms. The Morgan fingerprint density at radius 2 is 2.09 bits per heavy atom. The normalized spacial score (nSPS) is 15.7. The number of halogens is 1. The number of methoxy groups -OCH3 is 1. The molecule has 1 heterocycles. The fraction of sp³-hybridized carbons (Fsp3) is 0.412. The van der Waals surface area contributed by atoms with Crippen LogP contribution in [0.25, 0.3) is 5.69 Å². The lowest BCUT2D eigenvalue weighted by atomic mass is 9.85. The second-order valence-corrected chi connectivity index (χ2v) is 6.58. The Morgan fingerprint density at radius 1 is 1.32 bits per heavy atom. The Kier molecular flexibility index (Phi) is 4.62. The molecule has 1 saturated carbocycles. The van der Waals surface area contributed by atoms with Gasteiger partial charge in [0.25, 0.3) is 0 Å². The molecular weight excluding hydrogens is 344 g/mol. The van der Waals surface area contributed by atoms with E-state index in [2.05, 4.69) is 21.0 Å². The second kappa shape index (κ2) is 6.65. The van der Waals surface area contributed by atoms with Gasteiger partial charge in [-0.05, 0) is 31.0 Å². The number of nitrogens with zero attached hydrogens (tertiary/aromatic N) is 2. The highest BCUT2D eigenvalue weighted by molar-refractivity contribution is 9.10. The smallest absolute Gasteiger partial charge is 0.341 e. The summed E-state index contributed by atoms with van der Waals surface area (Å²) >= 11 is 3.50. The van der Waals surface area contributed by atoms with Crippen LogP contribution < -0.4 is 0 Å². The highest BCUT2D eigenvalue weighted by Crippen LogP contribution is 2.36. The van der Waals surface area contributed by atoms with Gasteiger partial charge in [-0.15, -0.1) is 0 Å². The van der Waals surface area contributed by atoms with Gasteiger partial charge in [0.1, 0.15) is 5.56 Å². The van der Waals surface area contributed by atoms with Crippen LogP contribution in [0.3, 0.4) is 0 Å². The van der Waals surface area contributed by atoms with Crippen molar-refractivity contribution in [2.45, 2.75) is 38.0 Å².